The summed E-state index contributed by atoms with van der Waals surface area (Å²) in [5.41, 5.74) is 5.81. The van der Waals surface area contributed by atoms with E-state index in [1.807, 2.05) is 97.2 Å². The van der Waals surface area contributed by atoms with E-state index in [0.29, 0.717) is 23.1 Å². The van der Waals surface area contributed by atoms with Crippen LogP contribution in [0.5, 0.6) is 0 Å². The van der Waals surface area contributed by atoms with Crippen molar-refractivity contribution in [1.82, 2.24) is 24.9 Å². The zero-order valence-corrected chi connectivity index (χ0v) is 21.8. The van der Waals surface area contributed by atoms with Gasteiger partial charge in [0.15, 0.2) is 23.1 Å². The Morgan fingerprint density at radius 2 is 1.12 bits per heavy atom. The summed E-state index contributed by atoms with van der Waals surface area (Å²) < 4.78 is 6.27. The predicted octanol–water partition coefficient (Wildman–Crippen LogP) is 8.38. The second-order valence-electron chi connectivity index (χ2n) is 9.80. The van der Waals surface area contributed by atoms with Gasteiger partial charge in [-0.05, 0) is 29.7 Å². The molecule has 8 rings (SSSR count). The highest BCUT2D eigenvalue weighted by Gasteiger charge is 2.16. The lowest BCUT2D eigenvalue weighted by Crippen LogP contribution is -2.00. The average molecular weight is 528 g/mol. The SMILES string of the molecule is c1ccc(-c2nc(-c3ccccc3)nc(-c3ccc4c(c3)oc3cnc(-c5nccc6ccccc56)cc34)n2)cc1. The van der Waals surface area contributed by atoms with E-state index in [9.17, 15) is 0 Å². The lowest BCUT2D eigenvalue weighted by molar-refractivity contribution is 0.667. The summed E-state index contributed by atoms with van der Waals surface area (Å²) >= 11 is 0. The molecule has 8 aromatic rings. The van der Waals surface area contributed by atoms with Gasteiger partial charge in [0.05, 0.1) is 17.6 Å². The van der Waals surface area contributed by atoms with Crippen LogP contribution < -0.4 is 0 Å². The number of hydrogen-bond donors (Lipinski definition) is 0. The van der Waals surface area contributed by atoms with Gasteiger partial charge in [-0.15, -0.1) is 0 Å². The molecule has 0 saturated heterocycles. The van der Waals surface area contributed by atoms with E-state index >= 15 is 0 Å². The Morgan fingerprint density at radius 3 is 1.85 bits per heavy atom. The zero-order chi connectivity index (χ0) is 27.2. The molecule has 0 saturated carbocycles. The lowest BCUT2D eigenvalue weighted by atomic mass is 10.1. The second kappa shape index (κ2) is 9.47. The maximum Gasteiger partial charge on any atom is 0.164 e. The zero-order valence-electron chi connectivity index (χ0n) is 21.8. The fourth-order valence-corrected chi connectivity index (χ4v) is 5.21. The molecule has 0 N–H and O–H groups in total. The highest BCUT2D eigenvalue weighted by Crippen LogP contribution is 2.35. The Bertz CT molecular complexity index is 2150. The molecule has 0 aliphatic rings. The summed E-state index contributed by atoms with van der Waals surface area (Å²) in [5, 5.41) is 4.17. The first-order valence-electron chi connectivity index (χ1n) is 13.3. The molecular weight excluding hydrogens is 506 g/mol. The molecule has 0 unspecified atom stereocenters. The van der Waals surface area contributed by atoms with Gasteiger partial charge in [-0.2, -0.15) is 0 Å². The molecule has 6 heteroatoms. The predicted molar refractivity (Wildman–Crippen MR) is 162 cm³/mol. The number of nitrogens with zero attached hydrogens (tertiary/aromatic N) is 5. The summed E-state index contributed by atoms with van der Waals surface area (Å²) in [6, 6.07) is 38.3. The Kier molecular flexibility index (Phi) is 5.35. The van der Waals surface area contributed by atoms with Crippen LogP contribution in [0.4, 0.5) is 0 Å². The van der Waals surface area contributed by atoms with Crippen molar-refractivity contribution in [3.8, 4) is 45.6 Å². The molecule has 4 aromatic carbocycles. The molecule has 4 heterocycles. The number of aromatic nitrogens is 5. The van der Waals surface area contributed by atoms with Crippen LogP contribution in [0.25, 0.3) is 78.3 Å². The van der Waals surface area contributed by atoms with E-state index in [0.717, 1.165) is 55.2 Å². The van der Waals surface area contributed by atoms with Gasteiger partial charge in [0.2, 0.25) is 0 Å². The van der Waals surface area contributed by atoms with Gasteiger partial charge in [0.25, 0.3) is 0 Å². The minimum atomic E-state index is 0.582. The van der Waals surface area contributed by atoms with Gasteiger partial charge in [-0.1, -0.05) is 91.0 Å². The Labute approximate surface area is 235 Å². The summed E-state index contributed by atoms with van der Waals surface area (Å²) in [5.74, 6) is 1.82. The highest BCUT2D eigenvalue weighted by molar-refractivity contribution is 6.07. The van der Waals surface area contributed by atoms with Crippen molar-refractivity contribution >= 4 is 32.7 Å². The van der Waals surface area contributed by atoms with Gasteiger partial charge in [0, 0.05) is 39.0 Å². The first-order valence-corrected chi connectivity index (χ1v) is 13.3. The summed E-state index contributed by atoms with van der Waals surface area (Å²) in [7, 11) is 0. The fraction of sp³-hybridized carbons (Fsp3) is 0. The fourth-order valence-electron chi connectivity index (χ4n) is 5.21. The summed E-state index contributed by atoms with van der Waals surface area (Å²) in [6.07, 6.45) is 3.60. The maximum absolute atomic E-state index is 6.27. The molecule has 192 valence electrons. The van der Waals surface area contributed by atoms with Gasteiger partial charge in [-0.25, -0.2) is 15.0 Å². The van der Waals surface area contributed by atoms with Crippen LogP contribution in [0.3, 0.4) is 0 Å². The van der Waals surface area contributed by atoms with Gasteiger partial charge in [0.1, 0.15) is 5.58 Å². The average Bonchev–Trinajstić information content (AvgIpc) is 3.42. The molecule has 0 bridgehead atoms. The van der Waals surface area contributed by atoms with E-state index in [-0.39, 0.29) is 0 Å². The van der Waals surface area contributed by atoms with E-state index in [2.05, 4.69) is 29.2 Å². The molecule has 0 fully saturated rings. The van der Waals surface area contributed by atoms with Crippen molar-refractivity contribution in [1.29, 1.82) is 0 Å². The maximum atomic E-state index is 6.27. The third-order valence-electron chi connectivity index (χ3n) is 7.23. The van der Waals surface area contributed by atoms with Crippen LogP contribution in [0.15, 0.2) is 132 Å². The minimum absolute atomic E-state index is 0.582. The first kappa shape index (κ1) is 23.2. The Balaban J connectivity index is 1.26. The number of benzene rings is 4. The molecule has 0 aliphatic heterocycles. The van der Waals surface area contributed by atoms with Crippen LogP contribution in [0, 0.1) is 0 Å². The van der Waals surface area contributed by atoms with Crippen LogP contribution in [-0.4, -0.2) is 24.9 Å². The standard InChI is InChI=1S/C35H21N5O/c1-3-10-23(11-4-1)33-38-34(24-12-5-2-6-13-24)40-35(39-33)25-15-16-27-28-20-29(37-21-31(28)41-30(27)19-25)32-26-14-8-7-9-22(26)17-18-36-32/h1-21H. The topological polar surface area (TPSA) is 77.6 Å². The van der Waals surface area contributed by atoms with E-state index in [4.69, 9.17) is 24.4 Å². The number of furan rings is 1. The third-order valence-corrected chi connectivity index (χ3v) is 7.23. The minimum Gasteiger partial charge on any atom is -0.454 e. The van der Waals surface area contributed by atoms with Crippen molar-refractivity contribution in [2.24, 2.45) is 0 Å². The molecule has 0 radical (unpaired) electrons. The lowest BCUT2D eigenvalue weighted by Gasteiger charge is -2.08. The summed E-state index contributed by atoms with van der Waals surface area (Å²) in [4.78, 5) is 23.9. The van der Waals surface area contributed by atoms with Crippen LogP contribution in [0.2, 0.25) is 0 Å². The number of fused-ring (bicyclic) bond motifs is 4. The smallest absolute Gasteiger partial charge is 0.164 e. The highest BCUT2D eigenvalue weighted by atomic mass is 16.3. The van der Waals surface area contributed by atoms with E-state index < -0.39 is 0 Å². The van der Waals surface area contributed by atoms with Crippen LogP contribution >= 0.6 is 0 Å². The monoisotopic (exact) mass is 527 g/mol. The van der Waals surface area contributed by atoms with Gasteiger partial charge >= 0.3 is 0 Å². The Hall–Kier alpha value is -5.75. The first-order chi connectivity index (χ1) is 20.3. The molecular formula is C35H21N5O. The van der Waals surface area contributed by atoms with Crippen molar-refractivity contribution in [3.05, 3.63) is 128 Å². The molecule has 6 nitrogen and oxygen atoms in total. The number of pyridine rings is 2. The molecule has 0 spiro atoms. The third kappa shape index (κ3) is 4.10. The van der Waals surface area contributed by atoms with Crippen LogP contribution in [0.1, 0.15) is 0 Å². The Morgan fingerprint density at radius 1 is 0.463 bits per heavy atom. The van der Waals surface area contributed by atoms with E-state index in [1.54, 1.807) is 6.20 Å². The van der Waals surface area contributed by atoms with Crippen molar-refractivity contribution in [2.75, 3.05) is 0 Å². The van der Waals surface area contributed by atoms with E-state index in [1.165, 1.54) is 0 Å². The normalized spacial score (nSPS) is 11.4. The molecule has 4 aromatic heterocycles. The van der Waals surface area contributed by atoms with Gasteiger partial charge < -0.3 is 4.42 Å². The second-order valence-corrected chi connectivity index (χ2v) is 9.80. The van der Waals surface area contributed by atoms with Gasteiger partial charge in [-0.3, -0.25) is 9.97 Å². The molecule has 0 amide bonds. The number of rotatable bonds is 4. The van der Waals surface area contributed by atoms with Crippen molar-refractivity contribution in [2.45, 2.75) is 0 Å². The van der Waals surface area contributed by atoms with Crippen molar-refractivity contribution in [3.63, 3.8) is 0 Å². The molecule has 0 atom stereocenters. The summed E-state index contributed by atoms with van der Waals surface area (Å²) in [6.45, 7) is 0. The number of hydrogen-bond acceptors (Lipinski definition) is 6. The molecule has 0 aliphatic carbocycles. The van der Waals surface area contributed by atoms with Crippen LogP contribution in [-0.2, 0) is 0 Å². The largest absolute Gasteiger partial charge is 0.454 e. The van der Waals surface area contributed by atoms with Crippen molar-refractivity contribution < 1.29 is 4.42 Å². The molecule has 41 heavy (non-hydrogen) atoms. The quantitative estimate of drug-likeness (QED) is 0.229.